The van der Waals surface area contributed by atoms with Gasteiger partial charge in [0.1, 0.15) is 15.8 Å². The van der Waals surface area contributed by atoms with Crippen LogP contribution < -0.4 is 5.32 Å². The average molecular weight is 459 g/mol. The van der Waals surface area contributed by atoms with Crippen molar-refractivity contribution in [1.82, 2.24) is 10.3 Å². The standard InChI is InChI=1S/C20H28BrFN2O4/c1-12-8-19(5-6-23-12,17(25)28-18(2,3)4)9-14-16(22)13(7-15(21)24-14)20(26)10-27-11-20/h7,12,23,26H,5-6,8-11H2,1-4H3. The van der Waals surface area contributed by atoms with Crippen molar-refractivity contribution in [1.29, 1.82) is 0 Å². The lowest BCUT2D eigenvalue weighted by Crippen LogP contribution is -2.50. The van der Waals surface area contributed by atoms with E-state index in [1.165, 1.54) is 6.07 Å². The van der Waals surface area contributed by atoms with E-state index in [2.05, 4.69) is 26.2 Å². The Morgan fingerprint density at radius 2 is 2.18 bits per heavy atom. The second-order valence-electron chi connectivity index (χ2n) is 9.05. The van der Waals surface area contributed by atoms with Crippen LogP contribution in [0.1, 0.15) is 51.8 Å². The van der Waals surface area contributed by atoms with Crippen molar-refractivity contribution in [3.63, 3.8) is 0 Å². The normalized spacial score (nSPS) is 27.2. The molecule has 2 atom stereocenters. The molecule has 156 valence electrons. The number of nitrogens with one attached hydrogen (secondary N) is 1. The molecule has 28 heavy (non-hydrogen) atoms. The third-order valence-electron chi connectivity index (χ3n) is 5.31. The van der Waals surface area contributed by atoms with Gasteiger partial charge in [-0.05, 0) is 69.1 Å². The molecule has 2 aliphatic heterocycles. The number of aromatic nitrogens is 1. The summed E-state index contributed by atoms with van der Waals surface area (Å²) in [5.41, 5.74) is -2.56. The number of aliphatic hydroxyl groups is 1. The molecule has 0 saturated carbocycles. The Labute approximate surface area is 173 Å². The summed E-state index contributed by atoms with van der Waals surface area (Å²) in [6.45, 7) is 8.20. The van der Waals surface area contributed by atoms with Crippen molar-refractivity contribution in [2.75, 3.05) is 19.8 Å². The molecule has 2 aliphatic rings. The summed E-state index contributed by atoms with van der Waals surface area (Å²) in [6.07, 6.45) is 1.17. The van der Waals surface area contributed by atoms with Gasteiger partial charge in [0.05, 0.1) is 24.3 Å². The van der Waals surface area contributed by atoms with Gasteiger partial charge in [0.15, 0.2) is 5.82 Å². The lowest BCUT2D eigenvalue weighted by Gasteiger charge is -2.40. The molecule has 1 aromatic heterocycles. The monoisotopic (exact) mass is 458 g/mol. The van der Waals surface area contributed by atoms with E-state index in [0.29, 0.717) is 24.0 Å². The highest BCUT2D eigenvalue weighted by molar-refractivity contribution is 9.10. The van der Waals surface area contributed by atoms with Crippen LogP contribution in [0.4, 0.5) is 4.39 Å². The van der Waals surface area contributed by atoms with Gasteiger partial charge in [0.2, 0.25) is 0 Å². The van der Waals surface area contributed by atoms with Crippen molar-refractivity contribution < 1.29 is 23.8 Å². The molecule has 1 aromatic rings. The summed E-state index contributed by atoms with van der Waals surface area (Å²) in [5, 5.41) is 13.9. The van der Waals surface area contributed by atoms with Gasteiger partial charge >= 0.3 is 5.97 Å². The van der Waals surface area contributed by atoms with Crippen LogP contribution in [0.25, 0.3) is 0 Å². The summed E-state index contributed by atoms with van der Waals surface area (Å²) in [5.74, 6) is -0.912. The maximum atomic E-state index is 15.3. The Balaban J connectivity index is 1.98. The van der Waals surface area contributed by atoms with E-state index in [4.69, 9.17) is 9.47 Å². The molecular formula is C20H28BrFN2O4. The average Bonchev–Trinajstić information content (AvgIpc) is 2.54. The van der Waals surface area contributed by atoms with Crippen molar-refractivity contribution >= 4 is 21.9 Å². The molecular weight excluding hydrogens is 431 g/mol. The van der Waals surface area contributed by atoms with E-state index in [1.807, 2.05) is 27.7 Å². The molecule has 2 saturated heterocycles. The molecule has 0 bridgehead atoms. The largest absolute Gasteiger partial charge is 0.460 e. The fourth-order valence-electron chi connectivity index (χ4n) is 3.90. The van der Waals surface area contributed by atoms with Crippen molar-refractivity contribution in [2.24, 2.45) is 5.41 Å². The second-order valence-corrected chi connectivity index (χ2v) is 9.86. The van der Waals surface area contributed by atoms with E-state index in [-0.39, 0.29) is 42.9 Å². The second kappa shape index (κ2) is 7.63. The smallest absolute Gasteiger partial charge is 0.313 e. The summed E-state index contributed by atoms with van der Waals surface area (Å²) >= 11 is 3.31. The molecule has 3 rings (SSSR count). The molecule has 0 radical (unpaired) electrons. The number of pyridine rings is 1. The Kier molecular flexibility index (Phi) is 5.89. The van der Waals surface area contributed by atoms with Gasteiger partial charge in [-0.25, -0.2) is 9.37 Å². The molecule has 2 fully saturated rings. The number of rotatable bonds is 4. The molecule has 0 amide bonds. The Morgan fingerprint density at radius 1 is 1.50 bits per heavy atom. The number of hydrogen-bond donors (Lipinski definition) is 2. The zero-order chi connectivity index (χ0) is 20.7. The summed E-state index contributed by atoms with van der Waals surface area (Å²) in [7, 11) is 0. The number of hydrogen-bond acceptors (Lipinski definition) is 6. The zero-order valence-electron chi connectivity index (χ0n) is 16.8. The molecule has 0 aromatic carbocycles. The van der Waals surface area contributed by atoms with E-state index < -0.39 is 22.4 Å². The summed E-state index contributed by atoms with van der Waals surface area (Å²) in [6, 6.07) is 1.58. The van der Waals surface area contributed by atoms with Crippen LogP contribution in [0.3, 0.4) is 0 Å². The van der Waals surface area contributed by atoms with Crippen LogP contribution in [0.2, 0.25) is 0 Å². The predicted molar refractivity (Wildman–Crippen MR) is 105 cm³/mol. The summed E-state index contributed by atoms with van der Waals surface area (Å²) < 4.78 is 26.5. The van der Waals surface area contributed by atoms with Gasteiger partial charge < -0.3 is 19.9 Å². The minimum absolute atomic E-state index is 0.0397. The van der Waals surface area contributed by atoms with Crippen LogP contribution in [0.5, 0.6) is 0 Å². The number of ether oxygens (including phenoxy) is 2. The lowest BCUT2D eigenvalue weighted by atomic mass is 9.72. The van der Waals surface area contributed by atoms with E-state index in [9.17, 15) is 9.90 Å². The Bertz CT molecular complexity index is 763. The third-order valence-corrected chi connectivity index (χ3v) is 5.72. The SMILES string of the molecule is CC1CC(Cc2nc(Br)cc(C3(O)COC3)c2F)(C(=O)OC(C)(C)C)CCN1. The molecule has 3 heterocycles. The first kappa shape index (κ1) is 21.6. The number of esters is 1. The molecule has 0 aliphatic carbocycles. The van der Waals surface area contributed by atoms with Crippen LogP contribution in [0, 0.1) is 11.2 Å². The number of piperidine rings is 1. The minimum Gasteiger partial charge on any atom is -0.460 e. The first-order valence-corrected chi connectivity index (χ1v) is 10.4. The van der Waals surface area contributed by atoms with Crippen LogP contribution in [-0.2, 0) is 26.3 Å². The molecule has 0 spiro atoms. The quantitative estimate of drug-likeness (QED) is 0.533. The van der Waals surface area contributed by atoms with Gasteiger partial charge in [-0.15, -0.1) is 0 Å². The number of carbonyl (C=O) groups excluding carboxylic acids is 1. The van der Waals surface area contributed by atoms with E-state index >= 15 is 4.39 Å². The number of nitrogens with zero attached hydrogens (tertiary/aromatic N) is 1. The fourth-order valence-corrected chi connectivity index (χ4v) is 4.34. The highest BCUT2D eigenvalue weighted by Gasteiger charge is 2.47. The number of halogens is 2. The minimum atomic E-state index is -1.36. The Hall–Kier alpha value is -1.09. The van der Waals surface area contributed by atoms with Gasteiger partial charge in [-0.3, -0.25) is 4.79 Å². The molecule has 2 unspecified atom stereocenters. The highest BCUT2D eigenvalue weighted by Crippen LogP contribution is 2.40. The maximum absolute atomic E-state index is 15.3. The van der Waals surface area contributed by atoms with Gasteiger partial charge in [-0.2, -0.15) is 0 Å². The molecule has 2 N–H and O–H groups in total. The van der Waals surface area contributed by atoms with E-state index in [0.717, 1.165) is 0 Å². The first-order chi connectivity index (χ1) is 12.9. The van der Waals surface area contributed by atoms with E-state index in [1.54, 1.807) is 0 Å². The van der Waals surface area contributed by atoms with Crippen molar-refractivity contribution in [3.8, 4) is 0 Å². The van der Waals surface area contributed by atoms with Gasteiger partial charge in [0.25, 0.3) is 0 Å². The van der Waals surface area contributed by atoms with Crippen LogP contribution in [0.15, 0.2) is 10.7 Å². The topological polar surface area (TPSA) is 80.7 Å². The molecule has 8 heteroatoms. The lowest BCUT2D eigenvalue weighted by molar-refractivity contribution is -0.186. The fraction of sp³-hybridized carbons (Fsp3) is 0.700. The van der Waals surface area contributed by atoms with Crippen molar-refractivity contribution in [2.45, 2.75) is 64.2 Å². The Morgan fingerprint density at radius 3 is 2.71 bits per heavy atom. The van der Waals surface area contributed by atoms with Gasteiger partial charge in [-0.1, -0.05) is 0 Å². The van der Waals surface area contributed by atoms with Crippen LogP contribution in [-0.4, -0.2) is 47.5 Å². The number of carbonyl (C=O) groups is 1. The van der Waals surface area contributed by atoms with Crippen LogP contribution >= 0.6 is 15.9 Å². The first-order valence-electron chi connectivity index (χ1n) is 9.57. The third kappa shape index (κ3) is 4.40. The summed E-state index contributed by atoms with van der Waals surface area (Å²) in [4.78, 5) is 17.5. The van der Waals surface area contributed by atoms with Crippen molar-refractivity contribution in [3.05, 3.63) is 27.7 Å². The highest BCUT2D eigenvalue weighted by atomic mass is 79.9. The molecule has 6 nitrogen and oxygen atoms in total. The van der Waals surface area contributed by atoms with Gasteiger partial charge in [0, 0.05) is 18.0 Å². The zero-order valence-corrected chi connectivity index (χ0v) is 18.4. The predicted octanol–water partition coefficient (Wildman–Crippen LogP) is 2.84. The maximum Gasteiger partial charge on any atom is 0.313 e.